The van der Waals surface area contributed by atoms with Crippen LogP contribution in [0.1, 0.15) is 32.3 Å². The van der Waals surface area contributed by atoms with Crippen LogP contribution in [0.2, 0.25) is 5.02 Å². The second-order valence-corrected chi connectivity index (χ2v) is 9.75. The van der Waals surface area contributed by atoms with Gasteiger partial charge in [0, 0.05) is 57.4 Å². The summed E-state index contributed by atoms with van der Waals surface area (Å²) in [5.74, 6) is 0.727. The maximum absolute atomic E-state index is 12.3. The molecule has 1 fully saturated rings. The second-order valence-electron chi connectivity index (χ2n) is 7.22. The van der Waals surface area contributed by atoms with E-state index in [2.05, 4.69) is 32.7 Å². The molecule has 1 aliphatic heterocycles. The molecule has 0 saturated carbocycles. The maximum atomic E-state index is 12.3. The van der Waals surface area contributed by atoms with E-state index in [-0.39, 0.29) is 29.7 Å². The Morgan fingerprint density at radius 3 is 2.33 bits per heavy atom. The Kier molecular flexibility index (Phi) is 12.5. The van der Waals surface area contributed by atoms with Crippen LogP contribution < -0.4 is 10.6 Å². The van der Waals surface area contributed by atoms with Crippen LogP contribution in [0, 0.1) is 0 Å². The summed E-state index contributed by atoms with van der Waals surface area (Å²) in [5, 5.41) is 7.33. The molecule has 0 aliphatic carbocycles. The first-order chi connectivity index (χ1) is 13.9. The highest BCUT2D eigenvalue weighted by molar-refractivity contribution is 14.0. The van der Waals surface area contributed by atoms with Crippen molar-refractivity contribution in [1.29, 1.82) is 0 Å². The summed E-state index contributed by atoms with van der Waals surface area (Å²) >= 11 is 5.95. The number of guanidine groups is 1. The highest BCUT2D eigenvalue weighted by Crippen LogP contribution is 2.16. The first-order valence-corrected chi connectivity index (χ1v) is 12.3. The van der Waals surface area contributed by atoms with Crippen LogP contribution in [0.3, 0.4) is 0 Å². The summed E-state index contributed by atoms with van der Waals surface area (Å²) in [5.41, 5.74) is 1.27. The van der Waals surface area contributed by atoms with Crippen molar-refractivity contribution in [3.8, 4) is 0 Å². The number of nitrogens with zero attached hydrogens (tertiary/aromatic N) is 3. The normalized spacial score (nSPS) is 16.4. The molecule has 1 heterocycles. The van der Waals surface area contributed by atoms with E-state index in [1.165, 1.54) is 9.87 Å². The molecule has 172 valence electrons. The Bertz CT molecular complexity index is 749. The lowest BCUT2D eigenvalue weighted by Gasteiger charge is -2.33. The van der Waals surface area contributed by atoms with Crippen molar-refractivity contribution in [2.45, 2.75) is 39.3 Å². The van der Waals surface area contributed by atoms with Crippen molar-refractivity contribution in [1.82, 2.24) is 19.8 Å². The van der Waals surface area contributed by atoms with E-state index in [1.807, 2.05) is 26.0 Å². The topological polar surface area (TPSA) is 77.0 Å². The lowest BCUT2D eigenvalue weighted by atomic mass is 10.0. The van der Waals surface area contributed by atoms with Crippen LogP contribution in [-0.2, 0) is 16.6 Å². The minimum Gasteiger partial charge on any atom is -0.355 e. The Labute approximate surface area is 203 Å². The van der Waals surface area contributed by atoms with Crippen molar-refractivity contribution in [2.24, 2.45) is 4.99 Å². The first-order valence-electron chi connectivity index (χ1n) is 10.3. The van der Waals surface area contributed by atoms with E-state index in [9.17, 15) is 8.42 Å². The molecule has 1 saturated heterocycles. The monoisotopic (exact) mass is 571 g/mol. The SMILES string of the molecule is CCN(CC)S(=O)(=O)CCNC(=NC)NC1CCN(Cc2ccc(Cl)cc2)CC1.I. The van der Waals surface area contributed by atoms with Crippen LogP contribution in [-0.4, -0.2) is 75.1 Å². The van der Waals surface area contributed by atoms with Crippen molar-refractivity contribution in [3.63, 3.8) is 0 Å². The molecule has 0 amide bonds. The van der Waals surface area contributed by atoms with Crippen molar-refractivity contribution in [2.75, 3.05) is 45.5 Å². The van der Waals surface area contributed by atoms with Crippen LogP contribution in [0.4, 0.5) is 0 Å². The Morgan fingerprint density at radius 2 is 1.80 bits per heavy atom. The lowest BCUT2D eigenvalue weighted by molar-refractivity contribution is 0.198. The minimum absolute atomic E-state index is 0. The Balaban J connectivity index is 0.00000450. The zero-order chi connectivity index (χ0) is 21.3. The highest BCUT2D eigenvalue weighted by atomic mass is 127. The third-order valence-corrected chi connectivity index (χ3v) is 7.50. The van der Waals surface area contributed by atoms with Gasteiger partial charge in [-0.1, -0.05) is 37.6 Å². The number of halogens is 2. The predicted octanol–water partition coefficient (Wildman–Crippen LogP) is 2.76. The molecule has 10 heteroatoms. The predicted molar refractivity (Wildman–Crippen MR) is 136 cm³/mol. The van der Waals surface area contributed by atoms with E-state index in [4.69, 9.17) is 11.6 Å². The number of hydrogen-bond acceptors (Lipinski definition) is 4. The molecule has 1 aromatic carbocycles. The second kappa shape index (κ2) is 13.7. The van der Waals surface area contributed by atoms with Gasteiger partial charge in [0.15, 0.2) is 5.96 Å². The Morgan fingerprint density at radius 1 is 1.20 bits per heavy atom. The van der Waals surface area contributed by atoms with Gasteiger partial charge in [-0.2, -0.15) is 0 Å². The van der Waals surface area contributed by atoms with Crippen molar-refractivity contribution in [3.05, 3.63) is 34.9 Å². The number of hydrogen-bond donors (Lipinski definition) is 2. The minimum atomic E-state index is -3.23. The molecule has 0 radical (unpaired) electrons. The molecule has 30 heavy (non-hydrogen) atoms. The molecular weight excluding hydrogens is 537 g/mol. The summed E-state index contributed by atoms with van der Waals surface area (Å²) in [6, 6.07) is 8.35. The zero-order valence-electron chi connectivity index (χ0n) is 18.1. The number of nitrogens with one attached hydrogen (secondary N) is 2. The summed E-state index contributed by atoms with van der Waals surface area (Å²) in [7, 11) is -1.51. The van der Waals surface area contributed by atoms with E-state index in [1.54, 1.807) is 7.05 Å². The summed E-state index contributed by atoms with van der Waals surface area (Å²) in [6.07, 6.45) is 2.04. The average Bonchev–Trinajstić information content (AvgIpc) is 2.71. The van der Waals surface area contributed by atoms with Crippen molar-refractivity contribution < 1.29 is 8.42 Å². The van der Waals surface area contributed by atoms with Gasteiger partial charge in [0.1, 0.15) is 0 Å². The van der Waals surface area contributed by atoms with E-state index in [0.717, 1.165) is 37.5 Å². The largest absolute Gasteiger partial charge is 0.355 e. The number of piperidine rings is 1. The third-order valence-electron chi connectivity index (χ3n) is 5.22. The standard InChI is InChI=1S/C20H34ClN5O2S.HI/c1-4-26(5-2)29(27,28)15-12-23-20(22-3)24-19-10-13-25(14-11-19)16-17-6-8-18(21)9-7-17;/h6-9,19H,4-5,10-16H2,1-3H3,(H2,22,23,24);1H. The number of rotatable bonds is 9. The van der Waals surface area contributed by atoms with Gasteiger partial charge in [-0.15, -0.1) is 24.0 Å². The number of sulfonamides is 1. The molecule has 0 bridgehead atoms. The number of benzene rings is 1. The molecule has 0 unspecified atom stereocenters. The third kappa shape index (κ3) is 8.86. The molecule has 0 aromatic heterocycles. The van der Waals surface area contributed by atoms with E-state index < -0.39 is 10.0 Å². The summed E-state index contributed by atoms with van der Waals surface area (Å²) in [6.45, 7) is 8.00. The van der Waals surface area contributed by atoms with Crippen LogP contribution in [0.5, 0.6) is 0 Å². The van der Waals surface area contributed by atoms with Crippen molar-refractivity contribution >= 4 is 51.6 Å². The quantitative estimate of drug-likeness (QED) is 0.271. The van der Waals surface area contributed by atoms with Gasteiger partial charge in [-0.3, -0.25) is 9.89 Å². The summed E-state index contributed by atoms with van der Waals surface area (Å²) < 4.78 is 26.0. The molecule has 7 nitrogen and oxygen atoms in total. The van der Waals surface area contributed by atoms with Gasteiger partial charge in [0.2, 0.25) is 10.0 Å². The van der Waals surface area contributed by atoms with E-state index in [0.29, 0.717) is 31.6 Å². The van der Waals surface area contributed by atoms with Gasteiger partial charge in [-0.25, -0.2) is 12.7 Å². The van der Waals surface area contributed by atoms with Crippen LogP contribution in [0.25, 0.3) is 0 Å². The van der Waals surface area contributed by atoms with Gasteiger partial charge in [0.05, 0.1) is 5.75 Å². The molecule has 1 aromatic rings. The molecule has 0 spiro atoms. The fourth-order valence-electron chi connectivity index (χ4n) is 3.52. The number of likely N-dealkylation sites (tertiary alicyclic amines) is 1. The fourth-order valence-corrected chi connectivity index (χ4v) is 5.05. The van der Waals surface area contributed by atoms with E-state index >= 15 is 0 Å². The first kappa shape index (κ1) is 27.4. The molecular formula is C20H35ClIN5O2S. The molecule has 0 atom stereocenters. The van der Waals surface area contributed by atoms with Gasteiger partial charge < -0.3 is 10.6 Å². The van der Waals surface area contributed by atoms with Crippen LogP contribution >= 0.6 is 35.6 Å². The smallest absolute Gasteiger partial charge is 0.215 e. The van der Waals surface area contributed by atoms with Gasteiger partial charge in [0.25, 0.3) is 0 Å². The van der Waals surface area contributed by atoms with Gasteiger partial charge >= 0.3 is 0 Å². The highest BCUT2D eigenvalue weighted by Gasteiger charge is 2.21. The van der Waals surface area contributed by atoms with Crippen LogP contribution in [0.15, 0.2) is 29.3 Å². The fraction of sp³-hybridized carbons (Fsp3) is 0.650. The zero-order valence-corrected chi connectivity index (χ0v) is 22.0. The lowest BCUT2D eigenvalue weighted by Crippen LogP contribution is -2.49. The molecule has 1 aliphatic rings. The Hall–Kier alpha value is -0.620. The summed E-state index contributed by atoms with van der Waals surface area (Å²) in [4.78, 5) is 6.68. The van der Waals surface area contributed by atoms with Gasteiger partial charge in [-0.05, 0) is 30.5 Å². The number of aliphatic imine (C=N–C) groups is 1. The molecule has 2 N–H and O–H groups in total. The maximum Gasteiger partial charge on any atom is 0.215 e. The molecule has 2 rings (SSSR count). The average molecular weight is 572 g/mol.